The Balaban J connectivity index is 1.47. The van der Waals surface area contributed by atoms with Crippen molar-refractivity contribution in [3.8, 4) is 5.75 Å². The van der Waals surface area contributed by atoms with Gasteiger partial charge in [0.05, 0.1) is 6.21 Å². The summed E-state index contributed by atoms with van der Waals surface area (Å²) in [5.41, 5.74) is 9.20. The van der Waals surface area contributed by atoms with E-state index in [-0.39, 0.29) is 12.5 Å². The fraction of sp³-hybridized carbons (Fsp3) is 0.185. The highest BCUT2D eigenvalue weighted by atomic mass is 16.5. The van der Waals surface area contributed by atoms with Gasteiger partial charge in [-0.05, 0) is 44.0 Å². The van der Waals surface area contributed by atoms with Crippen molar-refractivity contribution in [1.82, 2.24) is 9.99 Å². The lowest BCUT2D eigenvalue weighted by Gasteiger charge is -2.09. The van der Waals surface area contributed by atoms with Crippen molar-refractivity contribution in [2.24, 2.45) is 5.10 Å². The first-order chi connectivity index (χ1) is 15.5. The minimum atomic E-state index is -0.299. The number of hydrazone groups is 1. The molecule has 0 saturated carbocycles. The first-order valence-corrected chi connectivity index (χ1v) is 10.7. The molecular formula is C27H27N3O2. The zero-order valence-corrected chi connectivity index (χ0v) is 18.6. The van der Waals surface area contributed by atoms with Gasteiger partial charge in [0.25, 0.3) is 5.91 Å². The fourth-order valence-electron chi connectivity index (χ4n) is 3.90. The maximum absolute atomic E-state index is 12.2. The summed E-state index contributed by atoms with van der Waals surface area (Å²) in [5.74, 6) is 0.404. The predicted octanol–water partition coefficient (Wildman–Crippen LogP) is 5.14. The van der Waals surface area contributed by atoms with Crippen LogP contribution in [0.2, 0.25) is 0 Å². The molecule has 0 atom stereocenters. The number of aryl methyl sites for hydroxylation is 2. The maximum atomic E-state index is 12.2. The number of hydrogen-bond acceptors (Lipinski definition) is 3. The number of ether oxygens (including phenoxy) is 1. The van der Waals surface area contributed by atoms with Crippen LogP contribution in [0.4, 0.5) is 0 Å². The van der Waals surface area contributed by atoms with Crippen LogP contribution in [0, 0.1) is 20.8 Å². The van der Waals surface area contributed by atoms with Gasteiger partial charge in [0, 0.05) is 28.7 Å². The summed E-state index contributed by atoms with van der Waals surface area (Å²) in [6, 6.07) is 24.5. The third-order valence-corrected chi connectivity index (χ3v) is 5.54. The van der Waals surface area contributed by atoms with E-state index in [4.69, 9.17) is 4.74 Å². The number of aromatic nitrogens is 1. The van der Waals surface area contributed by atoms with Gasteiger partial charge < -0.3 is 9.30 Å². The van der Waals surface area contributed by atoms with E-state index in [1.807, 2.05) is 50.2 Å². The second-order valence-electron chi connectivity index (χ2n) is 7.94. The zero-order chi connectivity index (χ0) is 22.5. The van der Waals surface area contributed by atoms with E-state index < -0.39 is 0 Å². The number of benzene rings is 3. The minimum Gasteiger partial charge on any atom is -0.483 e. The van der Waals surface area contributed by atoms with E-state index in [0.29, 0.717) is 5.75 Å². The number of carbonyl (C=O) groups is 1. The minimum absolute atomic E-state index is 0.0873. The van der Waals surface area contributed by atoms with Gasteiger partial charge in [-0.2, -0.15) is 5.10 Å². The van der Waals surface area contributed by atoms with Crippen LogP contribution in [0.5, 0.6) is 5.75 Å². The molecule has 1 aromatic heterocycles. The SMILES string of the molecule is Cc1ccc(OCC(=O)NN=Cc2c(C)n(Cc3ccccc3)c3ccccc23)c(C)c1. The van der Waals surface area contributed by atoms with Gasteiger partial charge in [0.15, 0.2) is 6.61 Å². The Bertz CT molecular complexity index is 1270. The van der Waals surface area contributed by atoms with Crippen LogP contribution in [0.15, 0.2) is 77.9 Å². The molecule has 0 aliphatic rings. The maximum Gasteiger partial charge on any atom is 0.277 e. The number of rotatable bonds is 7. The van der Waals surface area contributed by atoms with Crippen molar-refractivity contribution in [2.45, 2.75) is 27.3 Å². The molecule has 0 radical (unpaired) electrons. The van der Waals surface area contributed by atoms with E-state index >= 15 is 0 Å². The van der Waals surface area contributed by atoms with Gasteiger partial charge in [-0.3, -0.25) is 4.79 Å². The van der Waals surface area contributed by atoms with Crippen LogP contribution in [0.1, 0.15) is 27.9 Å². The molecule has 1 amide bonds. The molecule has 0 spiro atoms. The van der Waals surface area contributed by atoms with E-state index in [9.17, 15) is 4.79 Å². The monoisotopic (exact) mass is 425 g/mol. The summed E-state index contributed by atoms with van der Waals surface area (Å²) < 4.78 is 7.91. The van der Waals surface area contributed by atoms with Crippen LogP contribution in [0.25, 0.3) is 10.9 Å². The zero-order valence-electron chi connectivity index (χ0n) is 18.6. The van der Waals surface area contributed by atoms with Crippen LogP contribution >= 0.6 is 0 Å². The van der Waals surface area contributed by atoms with Crippen molar-refractivity contribution >= 4 is 23.0 Å². The molecule has 0 unspecified atom stereocenters. The predicted molar refractivity (Wildman–Crippen MR) is 129 cm³/mol. The normalized spacial score (nSPS) is 11.2. The first kappa shape index (κ1) is 21.4. The number of carbonyl (C=O) groups excluding carboxylic acids is 1. The number of nitrogens with one attached hydrogen (secondary N) is 1. The highest BCUT2D eigenvalue weighted by Crippen LogP contribution is 2.25. The molecule has 0 bridgehead atoms. The van der Waals surface area contributed by atoms with Gasteiger partial charge in [-0.25, -0.2) is 5.43 Å². The second-order valence-corrected chi connectivity index (χ2v) is 7.94. The summed E-state index contributed by atoms with van der Waals surface area (Å²) in [6.07, 6.45) is 1.72. The third kappa shape index (κ3) is 4.72. The number of nitrogens with zero attached hydrogens (tertiary/aromatic N) is 2. The Morgan fingerprint density at radius 2 is 1.75 bits per heavy atom. The van der Waals surface area contributed by atoms with Gasteiger partial charge in [0.2, 0.25) is 0 Å². The first-order valence-electron chi connectivity index (χ1n) is 10.7. The van der Waals surface area contributed by atoms with Crippen LogP contribution in [-0.2, 0) is 11.3 Å². The lowest BCUT2D eigenvalue weighted by Crippen LogP contribution is -2.24. The molecule has 0 aliphatic heterocycles. The van der Waals surface area contributed by atoms with E-state index in [1.54, 1.807) is 6.21 Å². The molecule has 5 nitrogen and oxygen atoms in total. The largest absolute Gasteiger partial charge is 0.483 e. The van der Waals surface area contributed by atoms with Crippen molar-refractivity contribution in [3.63, 3.8) is 0 Å². The smallest absolute Gasteiger partial charge is 0.277 e. The average Bonchev–Trinajstić information content (AvgIpc) is 3.05. The quantitative estimate of drug-likeness (QED) is 0.329. The molecule has 162 valence electrons. The lowest BCUT2D eigenvalue weighted by atomic mass is 10.1. The molecule has 5 heteroatoms. The molecule has 1 N–H and O–H groups in total. The van der Waals surface area contributed by atoms with Crippen molar-refractivity contribution < 1.29 is 9.53 Å². The molecule has 4 rings (SSSR count). The molecule has 0 saturated heterocycles. The number of para-hydroxylation sites is 1. The number of hydrogen-bond donors (Lipinski definition) is 1. The Hall–Kier alpha value is -3.86. The van der Waals surface area contributed by atoms with Gasteiger partial charge in [-0.15, -0.1) is 0 Å². The van der Waals surface area contributed by atoms with Crippen LogP contribution < -0.4 is 10.2 Å². The molecule has 1 heterocycles. The van der Waals surface area contributed by atoms with Crippen molar-refractivity contribution in [1.29, 1.82) is 0 Å². The Kier molecular flexibility index (Phi) is 6.36. The second kappa shape index (κ2) is 9.52. The standard InChI is InChI=1S/C27H27N3O2/c1-19-13-14-26(20(2)15-19)32-18-27(31)29-28-16-24-21(3)30(17-22-9-5-4-6-10-22)25-12-8-7-11-23(24)25/h4-16H,17-18H2,1-3H3,(H,29,31). The molecule has 32 heavy (non-hydrogen) atoms. The van der Waals surface area contributed by atoms with Crippen molar-refractivity contribution in [2.75, 3.05) is 6.61 Å². The third-order valence-electron chi connectivity index (χ3n) is 5.54. The van der Waals surface area contributed by atoms with E-state index in [0.717, 1.165) is 39.8 Å². The summed E-state index contributed by atoms with van der Waals surface area (Å²) in [6.45, 7) is 6.76. The Morgan fingerprint density at radius 1 is 1.00 bits per heavy atom. The summed E-state index contributed by atoms with van der Waals surface area (Å²) in [4.78, 5) is 12.2. The fourth-order valence-corrected chi connectivity index (χ4v) is 3.90. The average molecular weight is 426 g/mol. The molecular weight excluding hydrogens is 398 g/mol. The van der Waals surface area contributed by atoms with Crippen molar-refractivity contribution in [3.05, 3.63) is 101 Å². The summed E-state index contributed by atoms with van der Waals surface area (Å²) >= 11 is 0. The molecule has 3 aromatic carbocycles. The number of fused-ring (bicyclic) bond motifs is 1. The van der Waals surface area contributed by atoms with Gasteiger partial charge in [0.1, 0.15) is 5.75 Å². The number of amides is 1. The van der Waals surface area contributed by atoms with E-state index in [1.165, 1.54) is 5.56 Å². The van der Waals surface area contributed by atoms with Gasteiger partial charge in [-0.1, -0.05) is 66.2 Å². The van der Waals surface area contributed by atoms with Crippen LogP contribution in [0.3, 0.4) is 0 Å². The molecule has 0 aliphatic carbocycles. The Morgan fingerprint density at radius 3 is 2.53 bits per heavy atom. The summed E-state index contributed by atoms with van der Waals surface area (Å²) in [7, 11) is 0. The molecule has 0 fully saturated rings. The highest BCUT2D eigenvalue weighted by molar-refractivity contribution is 6.01. The lowest BCUT2D eigenvalue weighted by molar-refractivity contribution is -0.123. The highest BCUT2D eigenvalue weighted by Gasteiger charge is 2.13. The molecule has 4 aromatic rings. The van der Waals surface area contributed by atoms with Gasteiger partial charge >= 0.3 is 0 Å². The summed E-state index contributed by atoms with van der Waals surface area (Å²) in [5, 5.41) is 5.31. The Labute approximate surface area is 188 Å². The van der Waals surface area contributed by atoms with Crippen LogP contribution in [-0.4, -0.2) is 23.3 Å². The van der Waals surface area contributed by atoms with E-state index in [2.05, 4.69) is 58.4 Å². The topological polar surface area (TPSA) is 55.6 Å².